The molecule has 5 nitrogen and oxygen atoms in total. The summed E-state index contributed by atoms with van der Waals surface area (Å²) in [6.07, 6.45) is 0. The fourth-order valence-corrected chi connectivity index (χ4v) is 2.25. The Morgan fingerprint density at radius 1 is 1.04 bits per heavy atom. The molecule has 0 saturated carbocycles. The van der Waals surface area contributed by atoms with Crippen molar-refractivity contribution in [1.82, 2.24) is 9.78 Å². The lowest BCUT2D eigenvalue weighted by atomic mass is 10.3. The summed E-state index contributed by atoms with van der Waals surface area (Å²) in [6, 6.07) is 11.2. The third-order valence-corrected chi connectivity index (χ3v) is 3.57. The van der Waals surface area contributed by atoms with E-state index in [0.29, 0.717) is 5.69 Å². The average molecular weight is 362 g/mol. The summed E-state index contributed by atoms with van der Waals surface area (Å²) in [4.78, 5) is 24.2. The molecule has 126 valence electrons. The highest BCUT2D eigenvalue weighted by atomic mass is 35.5. The van der Waals surface area contributed by atoms with E-state index in [2.05, 4.69) is 10.4 Å². The first-order chi connectivity index (χ1) is 11.9. The molecule has 0 spiro atoms. The van der Waals surface area contributed by atoms with E-state index in [9.17, 15) is 18.4 Å². The predicted octanol–water partition coefficient (Wildman–Crippen LogP) is 3.42. The Hall–Kier alpha value is -3.06. The fourth-order valence-electron chi connectivity index (χ4n) is 2.07. The van der Waals surface area contributed by atoms with Crippen LogP contribution in [0.2, 0.25) is 5.02 Å². The number of aromatic nitrogens is 2. The number of rotatable bonds is 3. The van der Waals surface area contributed by atoms with Crippen LogP contribution in [0, 0.1) is 11.6 Å². The van der Waals surface area contributed by atoms with Crippen LogP contribution in [0.25, 0.3) is 5.69 Å². The zero-order chi connectivity index (χ0) is 18.0. The molecule has 0 saturated heterocycles. The standard InChI is InChI=1S/C17H10ClF2N3O2/c18-13-9-11(3-6-14(13)20)21-17(25)15-7-8-16(24)23(22-15)12-4-1-10(19)2-5-12/h1-9H,(H,21,25). The zero-order valence-electron chi connectivity index (χ0n) is 12.5. The van der Waals surface area contributed by atoms with Crippen LogP contribution >= 0.6 is 11.6 Å². The van der Waals surface area contributed by atoms with Gasteiger partial charge in [0.15, 0.2) is 0 Å². The average Bonchev–Trinajstić information content (AvgIpc) is 2.59. The Kier molecular flexibility index (Phi) is 4.58. The van der Waals surface area contributed by atoms with Gasteiger partial charge in [0.25, 0.3) is 11.5 Å². The van der Waals surface area contributed by atoms with Gasteiger partial charge in [0.05, 0.1) is 10.7 Å². The van der Waals surface area contributed by atoms with Crippen LogP contribution < -0.4 is 10.9 Å². The molecule has 1 aromatic heterocycles. The Morgan fingerprint density at radius 2 is 1.76 bits per heavy atom. The van der Waals surface area contributed by atoms with Crippen molar-refractivity contribution in [2.45, 2.75) is 0 Å². The van der Waals surface area contributed by atoms with Gasteiger partial charge in [-0.05, 0) is 48.5 Å². The minimum Gasteiger partial charge on any atom is -0.321 e. The van der Waals surface area contributed by atoms with Crippen LogP contribution in [0.15, 0.2) is 59.4 Å². The minimum atomic E-state index is -0.612. The molecule has 25 heavy (non-hydrogen) atoms. The Bertz CT molecular complexity index is 1000. The van der Waals surface area contributed by atoms with E-state index in [-0.39, 0.29) is 16.4 Å². The molecule has 3 rings (SSSR count). The molecule has 1 N–H and O–H groups in total. The Labute approximate surface area is 145 Å². The van der Waals surface area contributed by atoms with Crippen molar-refractivity contribution in [3.8, 4) is 5.69 Å². The van der Waals surface area contributed by atoms with Gasteiger partial charge in [0.1, 0.15) is 17.3 Å². The molecule has 0 aliphatic heterocycles. The maximum absolute atomic E-state index is 13.2. The summed E-state index contributed by atoms with van der Waals surface area (Å²) in [6.45, 7) is 0. The van der Waals surface area contributed by atoms with Gasteiger partial charge in [0, 0.05) is 11.8 Å². The van der Waals surface area contributed by atoms with Crippen LogP contribution in [0.5, 0.6) is 0 Å². The van der Waals surface area contributed by atoms with Gasteiger partial charge in [0.2, 0.25) is 0 Å². The van der Waals surface area contributed by atoms with Crippen molar-refractivity contribution >= 4 is 23.2 Å². The Balaban J connectivity index is 1.90. The molecule has 0 unspecified atom stereocenters. The van der Waals surface area contributed by atoms with Crippen molar-refractivity contribution in [3.05, 3.63) is 87.3 Å². The highest BCUT2D eigenvalue weighted by molar-refractivity contribution is 6.31. The topological polar surface area (TPSA) is 64.0 Å². The van der Waals surface area contributed by atoms with Crippen LogP contribution in [-0.4, -0.2) is 15.7 Å². The van der Waals surface area contributed by atoms with Crippen LogP contribution in [-0.2, 0) is 0 Å². The summed E-state index contributed by atoms with van der Waals surface area (Å²) < 4.78 is 27.1. The highest BCUT2D eigenvalue weighted by Crippen LogP contribution is 2.19. The van der Waals surface area contributed by atoms with Gasteiger partial charge >= 0.3 is 0 Å². The molecular formula is C17H10ClF2N3O2. The predicted molar refractivity (Wildman–Crippen MR) is 89.2 cm³/mol. The lowest BCUT2D eigenvalue weighted by Gasteiger charge is -2.08. The molecule has 1 amide bonds. The number of nitrogens with one attached hydrogen (secondary N) is 1. The lowest BCUT2D eigenvalue weighted by Crippen LogP contribution is -2.24. The number of halogens is 3. The van der Waals surface area contributed by atoms with E-state index in [1.165, 1.54) is 48.5 Å². The number of hydrogen-bond acceptors (Lipinski definition) is 3. The first-order valence-electron chi connectivity index (χ1n) is 7.07. The second-order valence-corrected chi connectivity index (χ2v) is 5.44. The highest BCUT2D eigenvalue weighted by Gasteiger charge is 2.12. The summed E-state index contributed by atoms with van der Waals surface area (Å²) >= 11 is 5.66. The van der Waals surface area contributed by atoms with Crippen LogP contribution in [0.4, 0.5) is 14.5 Å². The number of amides is 1. The third kappa shape index (κ3) is 3.72. The van der Waals surface area contributed by atoms with E-state index in [1.807, 2.05) is 0 Å². The number of anilines is 1. The van der Waals surface area contributed by atoms with E-state index >= 15 is 0 Å². The maximum atomic E-state index is 13.2. The molecule has 0 radical (unpaired) electrons. The van der Waals surface area contributed by atoms with Crippen molar-refractivity contribution in [1.29, 1.82) is 0 Å². The van der Waals surface area contributed by atoms with Crippen molar-refractivity contribution in [2.75, 3.05) is 5.32 Å². The largest absolute Gasteiger partial charge is 0.321 e. The molecule has 0 aliphatic rings. The maximum Gasteiger partial charge on any atom is 0.276 e. The van der Waals surface area contributed by atoms with E-state index in [1.54, 1.807) is 0 Å². The van der Waals surface area contributed by atoms with Gasteiger partial charge in [-0.15, -0.1) is 0 Å². The van der Waals surface area contributed by atoms with Gasteiger partial charge in [-0.2, -0.15) is 9.78 Å². The van der Waals surface area contributed by atoms with Crippen LogP contribution in [0.3, 0.4) is 0 Å². The normalized spacial score (nSPS) is 10.5. The molecule has 0 aliphatic carbocycles. The molecule has 0 fully saturated rings. The van der Waals surface area contributed by atoms with E-state index in [4.69, 9.17) is 11.6 Å². The lowest BCUT2D eigenvalue weighted by molar-refractivity contribution is 0.102. The summed E-state index contributed by atoms with van der Waals surface area (Å²) in [5.74, 6) is -1.68. The zero-order valence-corrected chi connectivity index (χ0v) is 13.3. The summed E-state index contributed by atoms with van der Waals surface area (Å²) in [7, 11) is 0. The van der Waals surface area contributed by atoms with Crippen molar-refractivity contribution in [2.24, 2.45) is 0 Å². The summed E-state index contributed by atoms with van der Waals surface area (Å²) in [5, 5.41) is 6.34. The molecule has 0 bridgehead atoms. The van der Waals surface area contributed by atoms with Crippen molar-refractivity contribution < 1.29 is 13.6 Å². The second kappa shape index (κ2) is 6.82. The molecule has 8 heteroatoms. The molecule has 2 aromatic carbocycles. The fraction of sp³-hybridized carbons (Fsp3) is 0. The van der Waals surface area contributed by atoms with Gasteiger partial charge in [-0.25, -0.2) is 8.78 Å². The van der Waals surface area contributed by atoms with Gasteiger partial charge in [-0.3, -0.25) is 9.59 Å². The van der Waals surface area contributed by atoms with Gasteiger partial charge < -0.3 is 5.32 Å². The second-order valence-electron chi connectivity index (χ2n) is 5.03. The first-order valence-corrected chi connectivity index (χ1v) is 7.44. The Morgan fingerprint density at radius 3 is 2.44 bits per heavy atom. The minimum absolute atomic E-state index is 0.0515. The number of hydrogen-bond donors (Lipinski definition) is 1. The molecular weight excluding hydrogens is 352 g/mol. The van der Waals surface area contributed by atoms with E-state index in [0.717, 1.165) is 10.7 Å². The van der Waals surface area contributed by atoms with Crippen molar-refractivity contribution in [3.63, 3.8) is 0 Å². The SMILES string of the molecule is O=C(Nc1ccc(F)c(Cl)c1)c1ccc(=O)n(-c2ccc(F)cc2)n1. The quantitative estimate of drug-likeness (QED) is 0.777. The summed E-state index contributed by atoms with van der Waals surface area (Å²) in [5.41, 5.74) is 0.0565. The molecule has 3 aromatic rings. The third-order valence-electron chi connectivity index (χ3n) is 3.28. The van der Waals surface area contributed by atoms with E-state index < -0.39 is 23.1 Å². The molecule has 0 atom stereocenters. The smallest absolute Gasteiger partial charge is 0.276 e. The number of nitrogens with zero attached hydrogens (tertiary/aromatic N) is 2. The number of benzene rings is 2. The molecule has 1 heterocycles. The number of carbonyl (C=O) groups is 1. The van der Waals surface area contributed by atoms with Gasteiger partial charge in [-0.1, -0.05) is 11.6 Å². The first kappa shape index (κ1) is 16.8. The number of carbonyl (C=O) groups excluding carboxylic acids is 1. The monoisotopic (exact) mass is 361 g/mol. The van der Waals surface area contributed by atoms with Crippen LogP contribution in [0.1, 0.15) is 10.5 Å².